The van der Waals surface area contributed by atoms with Crippen LogP contribution in [0.1, 0.15) is 44.9 Å². The molecular formula is C13H22BrNOS. The zero-order valence-electron chi connectivity index (χ0n) is 10.3. The Balaban J connectivity index is 1.72. The fourth-order valence-corrected chi connectivity index (χ4v) is 4.65. The third-order valence-corrected chi connectivity index (χ3v) is 5.99. The maximum absolute atomic E-state index is 12.0. The van der Waals surface area contributed by atoms with Crippen LogP contribution in [0.2, 0.25) is 0 Å². The van der Waals surface area contributed by atoms with E-state index >= 15 is 0 Å². The summed E-state index contributed by atoms with van der Waals surface area (Å²) in [5.74, 6) is 3.39. The van der Waals surface area contributed by atoms with E-state index in [9.17, 15) is 4.79 Å². The molecule has 0 spiro atoms. The molecule has 1 aliphatic heterocycles. The molecule has 1 saturated carbocycles. The first-order valence-corrected chi connectivity index (χ1v) is 8.84. The van der Waals surface area contributed by atoms with Gasteiger partial charge in [-0.25, -0.2) is 0 Å². The number of thioether (sulfide) groups is 1. The Kier molecular flexibility index (Phi) is 5.67. The van der Waals surface area contributed by atoms with Crippen molar-refractivity contribution in [3.63, 3.8) is 0 Å². The fourth-order valence-electron chi connectivity index (χ4n) is 2.73. The predicted octanol–water partition coefficient (Wildman–Crippen LogP) is 3.34. The molecule has 4 heteroatoms. The van der Waals surface area contributed by atoms with Crippen LogP contribution in [-0.4, -0.2) is 28.3 Å². The number of hydrogen-bond acceptors (Lipinski definition) is 2. The summed E-state index contributed by atoms with van der Waals surface area (Å²) in [5.41, 5.74) is 0. The van der Waals surface area contributed by atoms with Gasteiger partial charge in [-0.15, -0.1) is 0 Å². The second-order valence-electron chi connectivity index (χ2n) is 5.23. The summed E-state index contributed by atoms with van der Waals surface area (Å²) in [6.07, 6.45) is 8.08. The molecule has 98 valence electrons. The van der Waals surface area contributed by atoms with Crippen molar-refractivity contribution in [2.24, 2.45) is 5.92 Å². The van der Waals surface area contributed by atoms with E-state index in [1.165, 1.54) is 43.6 Å². The van der Waals surface area contributed by atoms with Crippen LogP contribution in [0.5, 0.6) is 0 Å². The second kappa shape index (κ2) is 7.03. The van der Waals surface area contributed by atoms with E-state index in [0.717, 1.165) is 12.8 Å². The van der Waals surface area contributed by atoms with Crippen LogP contribution >= 0.6 is 27.7 Å². The van der Waals surface area contributed by atoms with E-state index in [0.29, 0.717) is 16.8 Å². The molecule has 0 aromatic carbocycles. The minimum atomic E-state index is 0.276. The van der Waals surface area contributed by atoms with Crippen LogP contribution in [0.4, 0.5) is 0 Å². The van der Waals surface area contributed by atoms with Crippen LogP contribution in [0.15, 0.2) is 0 Å². The molecular weight excluding hydrogens is 298 g/mol. The Morgan fingerprint density at radius 3 is 2.59 bits per heavy atom. The summed E-state index contributed by atoms with van der Waals surface area (Å²) >= 11 is 5.71. The van der Waals surface area contributed by atoms with Crippen molar-refractivity contribution in [2.45, 2.75) is 55.8 Å². The highest BCUT2D eigenvalue weighted by molar-refractivity contribution is 9.09. The molecule has 1 heterocycles. The quantitative estimate of drug-likeness (QED) is 0.808. The zero-order valence-corrected chi connectivity index (χ0v) is 12.7. The van der Waals surface area contributed by atoms with Gasteiger partial charge < -0.3 is 5.32 Å². The monoisotopic (exact) mass is 319 g/mol. The summed E-state index contributed by atoms with van der Waals surface area (Å²) in [6, 6.07) is 0.370. The molecule has 2 aliphatic rings. The van der Waals surface area contributed by atoms with Crippen LogP contribution in [0.3, 0.4) is 0 Å². The highest BCUT2D eigenvalue weighted by Gasteiger charge is 2.25. The van der Waals surface area contributed by atoms with Gasteiger partial charge >= 0.3 is 0 Å². The number of carbonyl (C=O) groups is 1. The van der Waals surface area contributed by atoms with Gasteiger partial charge in [0, 0.05) is 17.3 Å². The molecule has 17 heavy (non-hydrogen) atoms. The van der Waals surface area contributed by atoms with Gasteiger partial charge in [-0.2, -0.15) is 11.8 Å². The van der Waals surface area contributed by atoms with E-state index < -0.39 is 0 Å². The lowest BCUT2D eigenvalue weighted by atomic mass is 9.94. The van der Waals surface area contributed by atoms with Gasteiger partial charge in [-0.1, -0.05) is 28.8 Å². The largest absolute Gasteiger partial charge is 0.352 e. The van der Waals surface area contributed by atoms with Crippen molar-refractivity contribution in [2.75, 3.05) is 11.5 Å². The molecule has 0 radical (unpaired) electrons. The lowest BCUT2D eigenvalue weighted by Gasteiger charge is -2.29. The molecule has 1 N–H and O–H groups in total. The molecule has 2 unspecified atom stereocenters. The van der Waals surface area contributed by atoms with E-state index in [2.05, 4.69) is 21.2 Å². The lowest BCUT2D eigenvalue weighted by molar-refractivity contribution is -0.122. The van der Waals surface area contributed by atoms with Crippen molar-refractivity contribution >= 4 is 33.6 Å². The molecule has 2 rings (SSSR count). The Morgan fingerprint density at radius 2 is 1.88 bits per heavy atom. The first-order chi connectivity index (χ1) is 8.25. The Morgan fingerprint density at radius 1 is 1.18 bits per heavy atom. The van der Waals surface area contributed by atoms with Crippen LogP contribution in [-0.2, 0) is 4.79 Å². The van der Waals surface area contributed by atoms with Gasteiger partial charge in [0.1, 0.15) is 0 Å². The minimum absolute atomic E-state index is 0.276. The van der Waals surface area contributed by atoms with Crippen molar-refractivity contribution in [3.05, 3.63) is 0 Å². The molecule has 2 fully saturated rings. The van der Waals surface area contributed by atoms with Crippen LogP contribution < -0.4 is 5.32 Å². The zero-order chi connectivity index (χ0) is 12.1. The lowest BCUT2D eigenvalue weighted by Crippen LogP contribution is -2.43. The topological polar surface area (TPSA) is 29.1 Å². The van der Waals surface area contributed by atoms with E-state index in [1.54, 1.807) is 0 Å². The number of rotatable bonds is 3. The van der Waals surface area contributed by atoms with Crippen molar-refractivity contribution in [3.8, 4) is 0 Å². The number of hydrogen-bond donors (Lipinski definition) is 1. The first-order valence-electron chi connectivity index (χ1n) is 6.77. The summed E-state index contributed by atoms with van der Waals surface area (Å²) in [6.45, 7) is 0. The number of alkyl halides is 1. The molecule has 1 amide bonds. The number of amides is 1. The first kappa shape index (κ1) is 13.7. The van der Waals surface area contributed by atoms with Gasteiger partial charge in [0.2, 0.25) is 5.91 Å². The third-order valence-electron chi connectivity index (χ3n) is 3.84. The standard InChI is InChI=1S/C13H22BrNOS/c14-11-3-1-2-4-12(11)15-13(16)9-10-5-7-17-8-6-10/h10-12H,1-9H2,(H,15,16). The summed E-state index contributed by atoms with van der Waals surface area (Å²) < 4.78 is 0. The number of halogens is 1. The highest BCUT2D eigenvalue weighted by Crippen LogP contribution is 2.27. The molecule has 1 aliphatic carbocycles. The van der Waals surface area contributed by atoms with Gasteiger partial charge in [0.05, 0.1) is 0 Å². The molecule has 1 saturated heterocycles. The maximum Gasteiger partial charge on any atom is 0.220 e. The SMILES string of the molecule is O=C(CC1CCSCC1)NC1CCCCC1Br. The normalized spacial score (nSPS) is 31.1. The number of nitrogens with one attached hydrogen (secondary N) is 1. The Bertz CT molecular complexity index is 256. The van der Waals surface area contributed by atoms with Crippen molar-refractivity contribution < 1.29 is 4.79 Å². The van der Waals surface area contributed by atoms with Gasteiger partial charge in [-0.05, 0) is 43.1 Å². The molecule has 0 aromatic heterocycles. The summed E-state index contributed by atoms with van der Waals surface area (Å²) in [5, 5.41) is 3.22. The molecule has 2 nitrogen and oxygen atoms in total. The Hall–Kier alpha value is 0.300. The second-order valence-corrected chi connectivity index (χ2v) is 7.64. The van der Waals surface area contributed by atoms with Crippen molar-refractivity contribution in [1.82, 2.24) is 5.32 Å². The Labute approximate surface area is 117 Å². The van der Waals surface area contributed by atoms with Gasteiger partial charge in [-0.3, -0.25) is 4.79 Å². The minimum Gasteiger partial charge on any atom is -0.352 e. The van der Waals surface area contributed by atoms with E-state index in [-0.39, 0.29) is 5.91 Å². The molecule has 0 aromatic rings. The average molecular weight is 320 g/mol. The average Bonchev–Trinajstić information content (AvgIpc) is 2.33. The van der Waals surface area contributed by atoms with Gasteiger partial charge in [0.15, 0.2) is 0 Å². The number of carbonyl (C=O) groups excluding carboxylic acids is 1. The smallest absolute Gasteiger partial charge is 0.220 e. The van der Waals surface area contributed by atoms with E-state index in [4.69, 9.17) is 0 Å². The van der Waals surface area contributed by atoms with Crippen molar-refractivity contribution in [1.29, 1.82) is 0 Å². The van der Waals surface area contributed by atoms with Crippen LogP contribution in [0.25, 0.3) is 0 Å². The summed E-state index contributed by atoms with van der Waals surface area (Å²) in [7, 11) is 0. The predicted molar refractivity (Wildman–Crippen MR) is 77.8 cm³/mol. The van der Waals surface area contributed by atoms with Crippen LogP contribution in [0, 0.1) is 5.92 Å². The molecule has 2 atom stereocenters. The third kappa shape index (κ3) is 4.47. The summed E-state index contributed by atoms with van der Waals surface area (Å²) in [4.78, 5) is 12.5. The fraction of sp³-hybridized carbons (Fsp3) is 0.923. The highest BCUT2D eigenvalue weighted by atomic mass is 79.9. The maximum atomic E-state index is 12.0. The van der Waals surface area contributed by atoms with Gasteiger partial charge in [0.25, 0.3) is 0 Å². The molecule has 0 bridgehead atoms. The van der Waals surface area contributed by atoms with E-state index in [1.807, 2.05) is 11.8 Å².